The Morgan fingerprint density at radius 3 is 2.48 bits per heavy atom. The van der Waals surface area contributed by atoms with Gasteiger partial charge in [-0.1, -0.05) is 29.8 Å². The van der Waals surface area contributed by atoms with Gasteiger partial charge in [-0.25, -0.2) is 4.79 Å². The predicted molar refractivity (Wildman–Crippen MR) is 106 cm³/mol. The number of benzene rings is 2. The van der Waals surface area contributed by atoms with Crippen LogP contribution in [0.25, 0.3) is 0 Å². The van der Waals surface area contributed by atoms with Crippen molar-refractivity contribution in [3.63, 3.8) is 0 Å². The van der Waals surface area contributed by atoms with Crippen LogP contribution in [0.15, 0.2) is 48.5 Å². The second kappa shape index (κ2) is 9.94. The molecule has 0 aliphatic carbocycles. The summed E-state index contributed by atoms with van der Waals surface area (Å²) in [5.41, 5.74) is 3.01. The molecule has 1 aliphatic heterocycles. The van der Waals surface area contributed by atoms with Gasteiger partial charge in [0.1, 0.15) is 12.4 Å². The van der Waals surface area contributed by atoms with Gasteiger partial charge in [-0.05, 0) is 36.8 Å². The van der Waals surface area contributed by atoms with Crippen LogP contribution in [-0.4, -0.2) is 50.4 Å². The van der Waals surface area contributed by atoms with Crippen LogP contribution in [0.3, 0.4) is 0 Å². The molecule has 144 valence electrons. The van der Waals surface area contributed by atoms with E-state index < -0.39 is 0 Å². The SMILES string of the molecule is Cc1ccc(CNC(=O)Nc2ccc(OCCN3CCOCC3)cc2)cc1. The molecule has 0 atom stereocenters. The van der Waals surface area contributed by atoms with Crippen molar-refractivity contribution in [1.82, 2.24) is 10.2 Å². The van der Waals surface area contributed by atoms with Crippen molar-refractivity contribution in [3.05, 3.63) is 59.7 Å². The molecule has 0 bridgehead atoms. The molecule has 1 aliphatic rings. The van der Waals surface area contributed by atoms with E-state index in [1.54, 1.807) is 0 Å². The van der Waals surface area contributed by atoms with Gasteiger partial charge >= 0.3 is 6.03 Å². The standard InChI is InChI=1S/C21H27N3O3/c1-17-2-4-18(5-3-17)16-22-21(25)23-19-6-8-20(9-7-19)27-15-12-24-10-13-26-14-11-24/h2-9H,10-16H2,1H3,(H2,22,23,25). The van der Waals surface area contributed by atoms with Gasteiger partial charge < -0.3 is 20.1 Å². The van der Waals surface area contributed by atoms with E-state index >= 15 is 0 Å². The van der Waals surface area contributed by atoms with E-state index in [1.807, 2.05) is 55.5 Å². The lowest BCUT2D eigenvalue weighted by molar-refractivity contribution is 0.0322. The zero-order valence-electron chi connectivity index (χ0n) is 15.7. The number of anilines is 1. The van der Waals surface area contributed by atoms with E-state index in [0.717, 1.165) is 49.8 Å². The number of nitrogens with one attached hydrogen (secondary N) is 2. The van der Waals surface area contributed by atoms with Crippen molar-refractivity contribution < 1.29 is 14.3 Å². The summed E-state index contributed by atoms with van der Waals surface area (Å²) in [4.78, 5) is 14.3. The first-order valence-electron chi connectivity index (χ1n) is 9.32. The monoisotopic (exact) mass is 369 g/mol. The lowest BCUT2D eigenvalue weighted by Gasteiger charge is -2.26. The van der Waals surface area contributed by atoms with Gasteiger partial charge in [0, 0.05) is 31.9 Å². The highest BCUT2D eigenvalue weighted by Gasteiger charge is 2.09. The van der Waals surface area contributed by atoms with Crippen molar-refractivity contribution in [2.75, 3.05) is 44.8 Å². The highest BCUT2D eigenvalue weighted by atomic mass is 16.5. The Morgan fingerprint density at radius 2 is 1.78 bits per heavy atom. The molecule has 0 saturated carbocycles. The van der Waals surface area contributed by atoms with Gasteiger partial charge in [0.25, 0.3) is 0 Å². The molecular formula is C21H27N3O3. The van der Waals surface area contributed by atoms with Gasteiger partial charge in [0.05, 0.1) is 13.2 Å². The van der Waals surface area contributed by atoms with E-state index in [-0.39, 0.29) is 6.03 Å². The highest BCUT2D eigenvalue weighted by molar-refractivity contribution is 5.89. The maximum absolute atomic E-state index is 12.0. The Hall–Kier alpha value is -2.57. The van der Waals surface area contributed by atoms with E-state index in [1.165, 1.54) is 5.56 Å². The number of ether oxygens (including phenoxy) is 2. The van der Waals surface area contributed by atoms with Crippen LogP contribution in [0.2, 0.25) is 0 Å². The van der Waals surface area contributed by atoms with Crippen molar-refractivity contribution in [2.45, 2.75) is 13.5 Å². The molecule has 0 unspecified atom stereocenters. The number of hydrogen-bond acceptors (Lipinski definition) is 4. The lowest BCUT2D eigenvalue weighted by atomic mass is 10.1. The third-order valence-corrected chi connectivity index (χ3v) is 4.47. The molecule has 1 heterocycles. The van der Waals surface area contributed by atoms with E-state index in [2.05, 4.69) is 15.5 Å². The van der Waals surface area contributed by atoms with E-state index in [4.69, 9.17) is 9.47 Å². The summed E-state index contributed by atoms with van der Waals surface area (Å²) in [6.45, 7) is 7.59. The van der Waals surface area contributed by atoms with E-state index in [9.17, 15) is 4.79 Å². The third-order valence-electron chi connectivity index (χ3n) is 4.47. The number of carbonyl (C=O) groups is 1. The number of hydrogen-bond donors (Lipinski definition) is 2. The summed E-state index contributed by atoms with van der Waals surface area (Å²) in [7, 11) is 0. The average Bonchev–Trinajstić information content (AvgIpc) is 2.70. The third kappa shape index (κ3) is 6.58. The molecule has 1 fully saturated rings. The number of amides is 2. The van der Waals surface area contributed by atoms with Crippen molar-refractivity contribution in [1.29, 1.82) is 0 Å². The topological polar surface area (TPSA) is 62.8 Å². The van der Waals surface area contributed by atoms with Crippen LogP contribution in [0.1, 0.15) is 11.1 Å². The summed E-state index contributed by atoms with van der Waals surface area (Å²) in [6.07, 6.45) is 0. The maximum Gasteiger partial charge on any atom is 0.319 e. The summed E-state index contributed by atoms with van der Waals surface area (Å²) in [5, 5.41) is 5.69. The number of carbonyl (C=O) groups excluding carboxylic acids is 1. The molecule has 1 saturated heterocycles. The van der Waals surface area contributed by atoms with Crippen molar-refractivity contribution >= 4 is 11.7 Å². The van der Waals surface area contributed by atoms with Gasteiger partial charge in [-0.3, -0.25) is 4.90 Å². The summed E-state index contributed by atoms with van der Waals surface area (Å²) in [6, 6.07) is 15.3. The Balaban J connectivity index is 1.37. The average molecular weight is 369 g/mol. The molecule has 6 heteroatoms. The largest absolute Gasteiger partial charge is 0.492 e. The van der Waals surface area contributed by atoms with Crippen LogP contribution >= 0.6 is 0 Å². The fourth-order valence-corrected chi connectivity index (χ4v) is 2.82. The second-order valence-corrected chi connectivity index (χ2v) is 6.62. The van der Waals surface area contributed by atoms with Gasteiger partial charge in [0.2, 0.25) is 0 Å². The van der Waals surface area contributed by atoms with Gasteiger partial charge in [-0.2, -0.15) is 0 Å². The Morgan fingerprint density at radius 1 is 1.07 bits per heavy atom. The number of morpholine rings is 1. The summed E-state index contributed by atoms with van der Waals surface area (Å²) < 4.78 is 11.1. The normalized spacial score (nSPS) is 14.6. The minimum absolute atomic E-state index is 0.225. The smallest absolute Gasteiger partial charge is 0.319 e. The highest BCUT2D eigenvalue weighted by Crippen LogP contribution is 2.15. The fraction of sp³-hybridized carbons (Fsp3) is 0.381. The number of rotatable bonds is 7. The first-order chi connectivity index (χ1) is 13.2. The van der Waals surface area contributed by atoms with Crippen LogP contribution in [-0.2, 0) is 11.3 Å². The van der Waals surface area contributed by atoms with E-state index in [0.29, 0.717) is 13.2 Å². The molecule has 0 radical (unpaired) electrons. The summed E-state index contributed by atoms with van der Waals surface area (Å²) in [5.74, 6) is 0.800. The van der Waals surface area contributed by atoms with Crippen LogP contribution < -0.4 is 15.4 Å². The van der Waals surface area contributed by atoms with Gasteiger partial charge in [-0.15, -0.1) is 0 Å². The first-order valence-corrected chi connectivity index (χ1v) is 9.32. The minimum Gasteiger partial charge on any atom is -0.492 e. The second-order valence-electron chi connectivity index (χ2n) is 6.62. The number of nitrogens with zero attached hydrogens (tertiary/aromatic N) is 1. The Kier molecular flexibility index (Phi) is 7.07. The maximum atomic E-state index is 12.0. The zero-order chi connectivity index (χ0) is 18.9. The predicted octanol–water partition coefficient (Wildman–Crippen LogP) is 3.03. The van der Waals surface area contributed by atoms with Crippen molar-refractivity contribution in [3.8, 4) is 5.75 Å². The molecule has 0 spiro atoms. The number of urea groups is 1. The molecule has 2 N–H and O–H groups in total. The van der Waals surface area contributed by atoms with Crippen LogP contribution in [0.5, 0.6) is 5.75 Å². The Bertz CT molecular complexity index is 710. The molecular weight excluding hydrogens is 342 g/mol. The molecule has 27 heavy (non-hydrogen) atoms. The van der Waals surface area contributed by atoms with Gasteiger partial charge in [0.15, 0.2) is 0 Å². The van der Waals surface area contributed by atoms with Crippen molar-refractivity contribution in [2.24, 2.45) is 0 Å². The molecule has 2 aromatic carbocycles. The Labute approximate surface area is 160 Å². The first kappa shape index (κ1) is 19.2. The lowest BCUT2D eigenvalue weighted by Crippen LogP contribution is -2.38. The fourth-order valence-electron chi connectivity index (χ4n) is 2.82. The summed E-state index contributed by atoms with van der Waals surface area (Å²) >= 11 is 0. The quantitative estimate of drug-likeness (QED) is 0.788. The van der Waals surface area contributed by atoms with Crippen LogP contribution in [0.4, 0.5) is 10.5 Å². The molecule has 6 nitrogen and oxygen atoms in total. The zero-order valence-corrected chi connectivity index (χ0v) is 15.7. The molecule has 2 amide bonds. The molecule has 0 aromatic heterocycles. The van der Waals surface area contributed by atoms with Crippen LogP contribution in [0, 0.1) is 6.92 Å². The minimum atomic E-state index is -0.225. The number of aryl methyl sites for hydroxylation is 1. The molecule has 3 rings (SSSR count). The molecule has 2 aromatic rings.